The second kappa shape index (κ2) is 6.58. The van der Waals surface area contributed by atoms with Gasteiger partial charge in [0, 0.05) is 6.54 Å². The number of nitrogens with one attached hydrogen (secondary N) is 1. The Morgan fingerprint density at radius 2 is 1.79 bits per heavy atom. The van der Waals surface area contributed by atoms with Crippen LogP contribution in [0.2, 0.25) is 0 Å². The first-order valence-corrected chi connectivity index (χ1v) is 4.54. The summed E-state index contributed by atoms with van der Waals surface area (Å²) in [5.74, 6) is 0.115. The van der Waals surface area contributed by atoms with Gasteiger partial charge in [-0.15, -0.1) is 0 Å². The number of nitrogens with two attached hydrogens (primary N) is 1. The maximum Gasteiger partial charge on any atom is 0.189 e. The number of aliphatic imine (C=N–C) groups is 1. The zero-order valence-corrected chi connectivity index (χ0v) is 8.40. The molecule has 0 aromatic carbocycles. The number of rotatable bonds is 6. The number of aliphatic hydroxyl groups is 3. The van der Waals surface area contributed by atoms with Crippen LogP contribution in [0.1, 0.15) is 13.3 Å². The molecular formula is C8H19N3O3. The Labute approximate surface area is 83.5 Å². The Bertz CT molecular complexity index is 172. The van der Waals surface area contributed by atoms with E-state index < -0.39 is 25.4 Å². The van der Waals surface area contributed by atoms with Crippen molar-refractivity contribution in [2.24, 2.45) is 10.7 Å². The van der Waals surface area contributed by atoms with Crippen molar-refractivity contribution in [1.82, 2.24) is 5.32 Å². The lowest BCUT2D eigenvalue weighted by atomic mass is 10.0. The van der Waals surface area contributed by atoms with Crippen molar-refractivity contribution >= 4 is 5.96 Å². The van der Waals surface area contributed by atoms with Crippen LogP contribution in [0.4, 0.5) is 0 Å². The van der Waals surface area contributed by atoms with E-state index in [1.165, 1.54) is 0 Å². The van der Waals surface area contributed by atoms with Gasteiger partial charge in [0.2, 0.25) is 0 Å². The molecule has 0 aromatic heterocycles. The Balaban J connectivity index is 4.28. The van der Waals surface area contributed by atoms with Crippen LogP contribution in [0.3, 0.4) is 0 Å². The van der Waals surface area contributed by atoms with E-state index in [-0.39, 0.29) is 5.96 Å². The summed E-state index contributed by atoms with van der Waals surface area (Å²) in [5, 5.41) is 29.5. The van der Waals surface area contributed by atoms with E-state index in [0.29, 0.717) is 6.54 Å². The van der Waals surface area contributed by atoms with Gasteiger partial charge in [-0.25, -0.2) is 0 Å². The molecule has 0 saturated heterocycles. The Kier molecular flexibility index (Phi) is 6.18. The lowest BCUT2D eigenvalue weighted by molar-refractivity contribution is 0.0556. The molecule has 0 atom stereocenters. The van der Waals surface area contributed by atoms with E-state index in [2.05, 4.69) is 10.3 Å². The molecule has 0 fully saturated rings. The van der Waals surface area contributed by atoms with Gasteiger partial charge >= 0.3 is 0 Å². The van der Waals surface area contributed by atoms with Gasteiger partial charge in [0.05, 0.1) is 19.8 Å². The SMILES string of the molecule is CCCN=C(N)NC(CO)(CO)CO. The Morgan fingerprint density at radius 3 is 2.14 bits per heavy atom. The molecule has 6 nitrogen and oxygen atoms in total. The van der Waals surface area contributed by atoms with Crippen molar-refractivity contribution < 1.29 is 15.3 Å². The number of aliphatic hydroxyl groups excluding tert-OH is 3. The van der Waals surface area contributed by atoms with Crippen LogP contribution in [0, 0.1) is 0 Å². The molecular weight excluding hydrogens is 186 g/mol. The molecule has 0 heterocycles. The van der Waals surface area contributed by atoms with Crippen molar-refractivity contribution in [3.63, 3.8) is 0 Å². The molecule has 14 heavy (non-hydrogen) atoms. The van der Waals surface area contributed by atoms with Gasteiger partial charge in [-0.05, 0) is 6.42 Å². The van der Waals surface area contributed by atoms with E-state index in [9.17, 15) is 0 Å². The van der Waals surface area contributed by atoms with E-state index in [0.717, 1.165) is 6.42 Å². The normalized spacial score (nSPS) is 13.0. The van der Waals surface area contributed by atoms with Crippen LogP contribution in [-0.2, 0) is 0 Å². The third-order valence-corrected chi connectivity index (χ3v) is 1.81. The van der Waals surface area contributed by atoms with Crippen LogP contribution in [0.5, 0.6) is 0 Å². The number of nitrogens with zero attached hydrogens (tertiary/aromatic N) is 1. The van der Waals surface area contributed by atoms with Crippen molar-refractivity contribution in [1.29, 1.82) is 0 Å². The molecule has 0 radical (unpaired) electrons. The maximum absolute atomic E-state index is 8.96. The first-order valence-electron chi connectivity index (χ1n) is 4.54. The van der Waals surface area contributed by atoms with E-state index in [4.69, 9.17) is 21.1 Å². The summed E-state index contributed by atoms with van der Waals surface area (Å²) >= 11 is 0. The zero-order chi connectivity index (χ0) is 11.0. The fourth-order valence-corrected chi connectivity index (χ4v) is 0.812. The highest BCUT2D eigenvalue weighted by Crippen LogP contribution is 2.00. The van der Waals surface area contributed by atoms with Crippen LogP contribution >= 0.6 is 0 Å². The largest absolute Gasteiger partial charge is 0.394 e. The molecule has 0 spiro atoms. The molecule has 0 unspecified atom stereocenters. The minimum absolute atomic E-state index is 0.115. The number of hydrogen-bond donors (Lipinski definition) is 5. The summed E-state index contributed by atoms with van der Waals surface area (Å²) < 4.78 is 0. The Morgan fingerprint density at radius 1 is 1.29 bits per heavy atom. The standard InChI is InChI=1S/C8H19N3O3/c1-2-3-10-7(9)11-8(4-12,5-13)6-14/h12-14H,2-6H2,1H3,(H3,9,10,11). The minimum Gasteiger partial charge on any atom is -0.394 e. The smallest absolute Gasteiger partial charge is 0.189 e. The van der Waals surface area contributed by atoms with E-state index in [1.54, 1.807) is 0 Å². The summed E-state index contributed by atoms with van der Waals surface area (Å²) in [7, 11) is 0. The van der Waals surface area contributed by atoms with Crippen molar-refractivity contribution in [2.45, 2.75) is 18.9 Å². The second-order valence-electron chi connectivity index (χ2n) is 3.15. The van der Waals surface area contributed by atoms with Gasteiger partial charge in [-0.1, -0.05) is 6.92 Å². The average molecular weight is 205 g/mol. The van der Waals surface area contributed by atoms with E-state index >= 15 is 0 Å². The monoisotopic (exact) mass is 205 g/mol. The van der Waals surface area contributed by atoms with E-state index in [1.807, 2.05) is 6.92 Å². The molecule has 0 aliphatic heterocycles. The lowest BCUT2D eigenvalue weighted by Gasteiger charge is -2.29. The molecule has 0 rings (SSSR count). The number of hydrogen-bond acceptors (Lipinski definition) is 4. The van der Waals surface area contributed by atoms with Crippen LogP contribution in [-0.4, -0.2) is 53.2 Å². The third kappa shape index (κ3) is 3.91. The van der Waals surface area contributed by atoms with Gasteiger partial charge in [-0.3, -0.25) is 4.99 Å². The summed E-state index contributed by atoms with van der Waals surface area (Å²) in [6.45, 7) is 1.28. The molecule has 0 aromatic rings. The van der Waals surface area contributed by atoms with Crippen LogP contribution in [0.15, 0.2) is 4.99 Å². The second-order valence-corrected chi connectivity index (χ2v) is 3.15. The number of guanidine groups is 1. The maximum atomic E-state index is 8.96. The van der Waals surface area contributed by atoms with Gasteiger partial charge in [0.15, 0.2) is 5.96 Å². The van der Waals surface area contributed by atoms with Gasteiger partial charge < -0.3 is 26.4 Å². The molecule has 6 heteroatoms. The third-order valence-electron chi connectivity index (χ3n) is 1.81. The molecule has 84 valence electrons. The van der Waals surface area contributed by atoms with Crippen LogP contribution < -0.4 is 11.1 Å². The fourth-order valence-electron chi connectivity index (χ4n) is 0.812. The van der Waals surface area contributed by atoms with Gasteiger partial charge in [0.25, 0.3) is 0 Å². The highest BCUT2D eigenvalue weighted by Gasteiger charge is 2.28. The van der Waals surface area contributed by atoms with Crippen molar-refractivity contribution in [2.75, 3.05) is 26.4 Å². The summed E-state index contributed by atoms with van der Waals surface area (Å²) in [6, 6.07) is 0. The summed E-state index contributed by atoms with van der Waals surface area (Å²) in [5.41, 5.74) is 4.28. The van der Waals surface area contributed by atoms with Gasteiger partial charge in [-0.2, -0.15) is 0 Å². The highest BCUT2D eigenvalue weighted by molar-refractivity contribution is 5.78. The molecule has 6 N–H and O–H groups in total. The fraction of sp³-hybridized carbons (Fsp3) is 0.875. The first kappa shape index (κ1) is 13.2. The van der Waals surface area contributed by atoms with Crippen molar-refractivity contribution in [3.05, 3.63) is 0 Å². The molecule has 0 bridgehead atoms. The quantitative estimate of drug-likeness (QED) is 0.255. The molecule has 0 amide bonds. The van der Waals surface area contributed by atoms with Crippen LogP contribution in [0.25, 0.3) is 0 Å². The average Bonchev–Trinajstić information content (AvgIpc) is 2.23. The summed E-state index contributed by atoms with van der Waals surface area (Å²) in [4.78, 5) is 3.92. The Hall–Kier alpha value is -0.850. The predicted octanol–water partition coefficient (Wildman–Crippen LogP) is -1.98. The molecule has 0 saturated carbocycles. The highest BCUT2D eigenvalue weighted by atomic mass is 16.3. The minimum atomic E-state index is -1.19. The first-order chi connectivity index (χ1) is 6.64. The predicted molar refractivity (Wildman–Crippen MR) is 53.9 cm³/mol. The van der Waals surface area contributed by atoms with Crippen molar-refractivity contribution in [3.8, 4) is 0 Å². The molecule has 0 aliphatic carbocycles. The van der Waals surface area contributed by atoms with Gasteiger partial charge in [0.1, 0.15) is 5.54 Å². The molecule has 0 aliphatic rings. The zero-order valence-electron chi connectivity index (χ0n) is 8.40. The summed E-state index contributed by atoms with van der Waals surface area (Å²) in [6.07, 6.45) is 0.854. The topological polar surface area (TPSA) is 111 Å². The lowest BCUT2D eigenvalue weighted by Crippen LogP contribution is -2.59.